The van der Waals surface area contributed by atoms with Gasteiger partial charge in [0.25, 0.3) is 0 Å². The van der Waals surface area contributed by atoms with Gasteiger partial charge >= 0.3 is 0 Å². The molecule has 1 amide bonds. The normalized spacial score (nSPS) is 15.8. The lowest BCUT2D eigenvalue weighted by atomic mass is 10.1. The summed E-state index contributed by atoms with van der Waals surface area (Å²) in [5.74, 6) is 0.00305. The van der Waals surface area contributed by atoms with Crippen LogP contribution >= 0.6 is 0 Å². The maximum atomic E-state index is 12.3. The molecule has 1 aromatic heterocycles. The highest BCUT2D eigenvalue weighted by molar-refractivity contribution is 5.78. The standard InChI is InChI=1S/C23H25N3O2/c1-17-7-9-18(10-8-17)13-22(27)24-14-21-23-20(11-12-28-21)16-26(25-23)15-19-5-3-2-4-6-19/h2-10,16,21H,11-15H2,1H3,(H,24,27)/t21-/m1/s1. The fraction of sp³-hybridized carbons (Fsp3) is 0.304. The van der Waals surface area contributed by atoms with Crippen molar-refractivity contribution in [3.05, 3.63) is 88.7 Å². The molecule has 0 radical (unpaired) electrons. The first kappa shape index (κ1) is 18.4. The number of nitrogens with zero attached hydrogens (tertiary/aromatic N) is 2. The molecule has 144 valence electrons. The van der Waals surface area contributed by atoms with Crippen molar-refractivity contribution in [2.75, 3.05) is 13.2 Å². The number of carbonyl (C=O) groups excluding carboxylic acids is 1. The van der Waals surface area contributed by atoms with Crippen molar-refractivity contribution in [1.29, 1.82) is 0 Å². The van der Waals surface area contributed by atoms with E-state index in [9.17, 15) is 4.79 Å². The molecule has 0 saturated carbocycles. The quantitative estimate of drug-likeness (QED) is 0.720. The van der Waals surface area contributed by atoms with E-state index >= 15 is 0 Å². The van der Waals surface area contributed by atoms with Crippen molar-refractivity contribution in [1.82, 2.24) is 15.1 Å². The first-order valence-corrected chi connectivity index (χ1v) is 9.71. The molecule has 2 aromatic carbocycles. The van der Waals surface area contributed by atoms with Gasteiger partial charge in [0.1, 0.15) is 6.10 Å². The average Bonchev–Trinajstić information content (AvgIpc) is 3.12. The van der Waals surface area contributed by atoms with Crippen molar-refractivity contribution in [3.63, 3.8) is 0 Å². The summed E-state index contributed by atoms with van der Waals surface area (Å²) in [5.41, 5.74) is 5.57. The zero-order valence-corrected chi connectivity index (χ0v) is 16.1. The molecule has 5 heteroatoms. The van der Waals surface area contributed by atoms with E-state index in [2.05, 4.69) is 23.6 Å². The Morgan fingerprint density at radius 2 is 1.93 bits per heavy atom. The first-order chi connectivity index (χ1) is 13.7. The van der Waals surface area contributed by atoms with Crippen molar-refractivity contribution >= 4 is 5.91 Å². The Balaban J connectivity index is 1.37. The topological polar surface area (TPSA) is 56.1 Å². The summed E-state index contributed by atoms with van der Waals surface area (Å²) in [6.45, 7) is 3.88. The molecular weight excluding hydrogens is 350 g/mol. The molecule has 4 rings (SSSR count). The SMILES string of the molecule is Cc1ccc(CC(=O)NC[C@H]2OCCc3cn(Cc4ccccc4)nc32)cc1. The highest BCUT2D eigenvalue weighted by Crippen LogP contribution is 2.25. The largest absolute Gasteiger partial charge is 0.370 e. The third-order valence-electron chi connectivity index (χ3n) is 5.02. The Morgan fingerprint density at radius 1 is 1.14 bits per heavy atom. The van der Waals surface area contributed by atoms with Crippen LogP contribution in [0.25, 0.3) is 0 Å². The van der Waals surface area contributed by atoms with Crippen LogP contribution in [0.3, 0.4) is 0 Å². The van der Waals surface area contributed by atoms with E-state index in [0.29, 0.717) is 19.6 Å². The second kappa shape index (κ2) is 8.40. The lowest BCUT2D eigenvalue weighted by Gasteiger charge is -2.22. The maximum Gasteiger partial charge on any atom is 0.224 e. The van der Waals surface area contributed by atoms with Crippen LogP contribution in [0.1, 0.15) is 34.1 Å². The third-order valence-corrected chi connectivity index (χ3v) is 5.02. The van der Waals surface area contributed by atoms with Crippen molar-refractivity contribution in [3.8, 4) is 0 Å². The number of fused-ring (bicyclic) bond motifs is 1. The number of hydrogen-bond donors (Lipinski definition) is 1. The summed E-state index contributed by atoms with van der Waals surface area (Å²) >= 11 is 0. The van der Waals surface area contributed by atoms with Crippen molar-refractivity contribution in [2.24, 2.45) is 0 Å². The zero-order chi connectivity index (χ0) is 19.3. The van der Waals surface area contributed by atoms with Crippen LogP contribution in [-0.4, -0.2) is 28.8 Å². The molecule has 0 spiro atoms. The van der Waals surface area contributed by atoms with Crippen LogP contribution in [0.15, 0.2) is 60.8 Å². The van der Waals surface area contributed by atoms with Gasteiger partial charge in [-0.2, -0.15) is 5.10 Å². The number of benzene rings is 2. The predicted molar refractivity (Wildman–Crippen MR) is 108 cm³/mol. The van der Waals surface area contributed by atoms with Gasteiger partial charge in [-0.25, -0.2) is 0 Å². The van der Waals surface area contributed by atoms with Gasteiger partial charge in [0.05, 0.1) is 25.3 Å². The van der Waals surface area contributed by atoms with Gasteiger partial charge < -0.3 is 10.1 Å². The number of aryl methyl sites for hydroxylation is 1. The minimum atomic E-state index is -0.192. The second-order valence-corrected chi connectivity index (χ2v) is 7.30. The van der Waals surface area contributed by atoms with Crippen LogP contribution in [0, 0.1) is 6.92 Å². The monoisotopic (exact) mass is 375 g/mol. The van der Waals surface area contributed by atoms with Gasteiger partial charge in [-0.1, -0.05) is 60.2 Å². The molecule has 5 nitrogen and oxygen atoms in total. The van der Waals surface area contributed by atoms with Gasteiger partial charge in [0.15, 0.2) is 0 Å². The zero-order valence-electron chi connectivity index (χ0n) is 16.1. The average molecular weight is 375 g/mol. The Bertz CT molecular complexity index is 932. The summed E-state index contributed by atoms with van der Waals surface area (Å²) in [6.07, 6.45) is 3.15. The summed E-state index contributed by atoms with van der Waals surface area (Å²) in [6, 6.07) is 18.3. The second-order valence-electron chi connectivity index (χ2n) is 7.30. The molecule has 0 saturated heterocycles. The van der Waals surface area contributed by atoms with Crippen LogP contribution in [0.5, 0.6) is 0 Å². The van der Waals surface area contributed by atoms with Gasteiger partial charge in [0, 0.05) is 12.7 Å². The van der Waals surface area contributed by atoms with E-state index in [-0.39, 0.29) is 12.0 Å². The number of ether oxygens (including phenoxy) is 1. The Morgan fingerprint density at radius 3 is 2.71 bits per heavy atom. The summed E-state index contributed by atoms with van der Waals surface area (Å²) in [7, 11) is 0. The Labute approximate surface area is 165 Å². The smallest absolute Gasteiger partial charge is 0.224 e. The number of carbonyl (C=O) groups is 1. The third kappa shape index (κ3) is 4.49. The van der Waals surface area contributed by atoms with E-state index in [1.54, 1.807) is 0 Å². The minimum absolute atomic E-state index is 0.00305. The van der Waals surface area contributed by atoms with E-state index in [1.165, 1.54) is 16.7 Å². The summed E-state index contributed by atoms with van der Waals surface area (Å²) < 4.78 is 7.86. The van der Waals surface area contributed by atoms with Crippen LogP contribution < -0.4 is 5.32 Å². The maximum absolute atomic E-state index is 12.3. The molecule has 0 bridgehead atoms. The molecule has 1 aliphatic heterocycles. The lowest BCUT2D eigenvalue weighted by Crippen LogP contribution is -2.32. The first-order valence-electron chi connectivity index (χ1n) is 9.71. The summed E-state index contributed by atoms with van der Waals surface area (Å²) in [5, 5.41) is 7.74. The molecule has 0 aliphatic carbocycles. The Kier molecular flexibility index (Phi) is 5.53. The van der Waals surface area contributed by atoms with E-state index in [1.807, 2.05) is 54.1 Å². The van der Waals surface area contributed by atoms with Crippen LogP contribution in [0.2, 0.25) is 0 Å². The van der Waals surface area contributed by atoms with E-state index < -0.39 is 0 Å². The number of aromatic nitrogens is 2. The van der Waals surface area contributed by atoms with E-state index in [0.717, 1.165) is 24.2 Å². The fourth-order valence-corrected chi connectivity index (χ4v) is 3.50. The predicted octanol–water partition coefficient (Wildman–Crippen LogP) is 3.21. The van der Waals surface area contributed by atoms with Crippen molar-refractivity contribution in [2.45, 2.75) is 32.4 Å². The molecule has 1 atom stereocenters. The van der Waals surface area contributed by atoms with Crippen molar-refractivity contribution < 1.29 is 9.53 Å². The molecule has 0 fully saturated rings. The molecule has 0 unspecified atom stereocenters. The summed E-state index contributed by atoms with van der Waals surface area (Å²) in [4.78, 5) is 12.3. The molecule has 2 heterocycles. The molecule has 1 N–H and O–H groups in total. The molecule has 1 aliphatic rings. The number of nitrogens with one attached hydrogen (secondary N) is 1. The number of rotatable bonds is 6. The Hall–Kier alpha value is -2.92. The van der Waals surface area contributed by atoms with Gasteiger partial charge in [0.2, 0.25) is 5.91 Å². The molecule has 28 heavy (non-hydrogen) atoms. The van der Waals surface area contributed by atoms with Crippen LogP contribution in [0.4, 0.5) is 0 Å². The highest BCUT2D eigenvalue weighted by atomic mass is 16.5. The minimum Gasteiger partial charge on any atom is -0.370 e. The van der Waals surface area contributed by atoms with E-state index in [4.69, 9.17) is 9.84 Å². The van der Waals surface area contributed by atoms with Gasteiger partial charge in [-0.05, 0) is 30.0 Å². The fourth-order valence-electron chi connectivity index (χ4n) is 3.50. The molecule has 3 aromatic rings. The lowest BCUT2D eigenvalue weighted by molar-refractivity contribution is -0.121. The van der Waals surface area contributed by atoms with Gasteiger partial charge in [-0.3, -0.25) is 9.48 Å². The number of hydrogen-bond acceptors (Lipinski definition) is 3. The number of amides is 1. The highest BCUT2D eigenvalue weighted by Gasteiger charge is 2.25. The van der Waals surface area contributed by atoms with Crippen LogP contribution in [-0.2, 0) is 28.9 Å². The van der Waals surface area contributed by atoms with Gasteiger partial charge in [-0.15, -0.1) is 0 Å². The molecular formula is C23H25N3O2.